The van der Waals surface area contributed by atoms with E-state index in [4.69, 9.17) is 0 Å². The van der Waals surface area contributed by atoms with Crippen molar-refractivity contribution >= 4 is 11.8 Å². The van der Waals surface area contributed by atoms with Crippen molar-refractivity contribution in [2.45, 2.75) is 0 Å². The average Bonchev–Trinajstić information content (AvgIpc) is 2.09. The normalized spacial score (nSPS) is 18.9. The molecule has 13 heavy (non-hydrogen) atoms. The minimum absolute atomic E-state index is 0.0253. The van der Waals surface area contributed by atoms with Crippen molar-refractivity contribution in [1.82, 2.24) is 15.1 Å². The molecule has 1 heterocycles. The van der Waals surface area contributed by atoms with E-state index >= 15 is 0 Å². The van der Waals surface area contributed by atoms with Crippen LogP contribution in [0.2, 0.25) is 0 Å². The van der Waals surface area contributed by atoms with Crippen LogP contribution in [0.4, 0.5) is 0 Å². The molecule has 0 saturated carbocycles. The molecule has 74 valence electrons. The van der Waals surface area contributed by atoms with Crippen molar-refractivity contribution < 1.29 is 9.59 Å². The Morgan fingerprint density at radius 1 is 1.54 bits per heavy atom. The summed E-state index contributed by atoms with van der Waals surface area (Å²) in [6, 6.07) is 0. The number of carbonyl (C=O) groups is 2. The Balaban J connectivity index is 2.42. The van der Waals surface area contributed by atoms with Crippen LogP contribution in [0.25, 0.3) is 0 Å². The van der Waals surface area contributed by atoms with E-state index in [9.17, 15) is 9.59 Å². The standard InChI is InChI=1S/C8H15N3O2/c1-9-7(12)5-11-4-3-10(2)6-8(11)13/h3-6H2,1-2H3,(H,9,12). The molecule has 1 aliphatic rings. The van der Waals surface area contributed by atoms with Gasteiger partial charge in [0.1, 0.15) is 0 Å². The zero-order valence-corrected chi connectivity index (χ0v) is 8.04. The molecule has 0 radical (unpaired) electrons. The van der Waals surface area contributed by atoms with E-state index < -0.39 is 0 Å². The van der Waals surface area contributed by atoms with E-state index in [2.05, 4.69) is 5.32 Å². The smallest absolute Gasteiger partial charge is 0.239 e. The highest BCUT2D eigenvalue weighted by molar-refractivity contribution is 5.85. The van der Waals surface area contributed by atoms with Gasteiger partial charge < -0.3 is 10.2 Å². The molecular weight excluding hydrogens is 170 g/mol. The van der Waals surface area contributed by atoms with Crippen molar-refractivity contribution in [3.05, 3.63) is 0 Å². The van der Waals surface area contributed by atoms with Gasteiger partial charge in [0, 0.05) is 20.1 Å². The van der Waals surface area contributed by atoms with Gasteiger partial charge in [0.2, 0.25) is 11.8 Å². The number of amides is 2. The Hall–Kier alpha value is -1.10. The number of hydrogen-bond acceptors (Lipinski definition) is 3. The molecule has 0 unspecified atom stereocenters. The molecule has 1 rings (SSSR count). The SMILES string of the molecule is CNC(=O)CN1CCN(C)CC1=O. The van der Waals surface area contributed by atoms with Crippen LogP contribution in [0.15, 0.2) is 0 Å². The fourth-order valence-corrected chi connectivity index (χ4v) is 1.25. The van der Waals surface area contributed by atoms with E-state index in [1.54, 1.807) is 11.9 Å². The molecule has 1 fully saturated rings. The second kappa shape index (κ2) is 4.23. The van der Waals surface area contributed by atoms with E-state index in [1.807, 2.05) is 11.9 Å². The van der Waals surface area contributed by atoms with Crippen molar-refractivity contribution in [2.75, 3.05) is 40.3 Å². The highest BCUT2D eigenvalue weighted by Crippen LogP contribution is 1.99. The molecule has 0 aromatic heterocycles. The van der Waals surface area contributed by atoms with E-state index in [-0.39, 0.29) is 18.4 Å². The Kier molecular flexibility index (Phi) is 3.25. The summed E-state index contributed by atoms with van der Waals surface area (Å²) in [4.78, 5) is 25.9. The van der Waals surface area contributed by atoms with Crippen LogP contribution in [-0.4, -0.2) is 61.9 Å². The first-order chi connectivity index (χ1) is 6.13. The number of rotatable bonds is 2. The lowest BCUT2D eigenvalue weighted by Crippen LogP contribution is -2.51. The molecule has 1 N–H and O–H groups in total. The monoisotopic (exact) mass is 185 g/mol. The molecule has 2 amide bonds. The first-order valence-electron chi connectivity index (χ1n) is 4.30. The van der Waals surface area contributed by atoms with Crippen molar-refractivity contribution in [2.24, 2.45) is 0 Å². The molecule has 1 saturated heterocycles. The van der Waals surface area contributed by atoms with Crippen LogP contribution in [0.3, 0.4) is 0 Å². The lowest BCUT2D eigenvalue weighted by Gasteiger charge is -2.31. The summed E-state index contributed by atoms with van der Waals surface area (Å²) in [5.41, 5.74) is 0. The average molecular weight is 185 g/mol. The number of nitrogens with one attached hydrogen (secondary N) is 1. The number of nitrogens with zero attached hydrogens (tertiary/aromatic N) is 2. The second-order valence-corrected chi connectivity index (χ2v) is 3.23. The largest absolute Gasteiger partial charge is 0.358 e. The van der Waals surface area contributed by atoms with Crippen molar-refractivity contribution in [3.8, 4) is 0 Å². The van der Waals surface area contributed by atoms with Gasteiger partial charge in [-0.2, -0.15) is 0 Å². The van der Waals surface area contributed by atoms with Gasteiger partial charge in [0.25, 0.3) is 0 Å². The Bertz CT molecular complexity index is 217. The molecule has 0 aromatic carbocycles. The maximum Gasteiger partial charge on any atom is 0.239 e. The minimum Gasteiger partial charge on any atom is -0.358 e. The zero-order chi connectivity index (χ0) is 9.84. The number of likely N-dealkylation sites (N-methyl/N-ethyl adjacent to an activating group) is 2. The third-order valence-electron chi connectivity index (χ3n) is 2.12. The molecule has 0 spiro atoms. The molecule has 5 heteroatoms. The lowest BCUT2D eigenvalue weighted by molar-refractivity contribution is -0.139. The van der Waals surface area contributed by atoms with Gasteiger partial charge in [-0.25, -0.2) is 0 Å². The number of carbonyl (C=O) groups excluding carboxylic acids is 2. The van der Waals surface area contributed by atoms with Gasteiger partial charge in [0.05, 0.1) is 13.1 Å². The predicted molar refractivity (Wildman–Crippen MR) is 48.1 cm³/mol. The highest BCUT2D eigenvalue weighted by atomic mass is 16.2. The first kappa shape index (κ1) is 9.98. The summed E-state index contributed by atoms with van der Waals surface area (Å²) in [6.07, 6.45) is 0. The molecule has 0 atom stereocenters. The minimum atomic E-state index is -0.113. The maximum atomic E-state index is 11.4. The molecule has 1 aliphatic heterocycles. The van der Waals surface area contributed by atoms with Crippen LogP contribution in [0.1, 0.15) is 0 Å². The third kappa shape index (κ3) is 2.69. The predicted octanol–water partition coefficient (Wildman–Crippen LogP) is -1.49. The Morgan fingerprint density at radius 2 is 2.23 bits per heavy atom. The molecule has 0 aromatic rings. The van der Waals surface area contributed by atoms with Gasteiger partial charge in [-0.3, -0.25) is 14.5 Å². The van der Waals surface area contributed by atoms with Crippen LogP contribution >= 0.6 is 0 Å². The summed E-state index contributed by atoms with van der Waals surface area (Å²) in [6.45, 7) is 2.08. The summed E-state index contributed by atoms with van der Waals surface area (Å²) in [5.74, 6) is -0.0877. The van der Waals surface area contributed by atoms with E-state index in [0.29, 0.717) is 13.1 Å². The molecule has 5 nitrogen and oxygen atoms in total. The lowest BCUT2D eigenvalue weighted by atomic mass is 10.3. The quantitative estimate of drug-likeness (QED) is 0.570. The summed E-state index contributed by atoms with van der Waals surface area (Å²) < 4.78 is 0. The van der Waals surface area contributed by atoms with Gasteiger partial charge in [-0.1, -0.05) is 0 Å². The zero-order valence-electron chi connectivity index (χ0n) is 8.04. The summed E-state index contributed by atoms with van der Waals surface area (Å²) in [5, 5.41) is 2.50. The van der Waals surface area contributed by atoms with Crippen molar-refractivity contribution in [1.29, 1.82) is 0 Å². The van der Waals surface area contributed by atoms with E-state index in [1.165, 1.54) is 0 Å². The van der Waals surface area contributed by atoms with Gasteiger partial charge in [-0.05, 0) is 7.05 Å². The van der Waals surface area contributed by atoms with Gasteiger partial charge >= 0.3 is 0 Å². The second-order valence-electron chi connectivity index (χ2n) is 3.23. The molecular formula is C8H15N3O2. The summed E-state index contributed by atoms with van der Waals surface area (Å²) in [7, 11) is 3.47. The first-order valence-corrected chi connectivity index (χ1v) is 4.30. The fourth-order valence-electron chi connectivity index (χ4n) is 1.25. The number of piperazine rings is 1. The number of hydrogen-bond donors (Lipinski definition) is 1. The third-order valence-corrected chi connectivity index (χ3v) is 2.12. The van der Waals surface area contributed by atoms with Crippen LogP contribution < -0.4 is 5.32 Å². The Labute approximate surface area is 77.7 Å². The van der Waals surface area contributed by atoms with E-state index in [0.717, 1.165) is 6.54 Å². The Morgan fingerprint density at radius 3 is 2.77 bits per heavy atom. The summed E-state index contributed by atoms with van der Waals surface area (Å²) >= 11 is 0. The topological polar surface area (TPSA) is 52.7 Å². The van der Waals surface area contributed by atoms with Crippen LogP contribution in [-0.2, 0) is 9.59 Å². The highest BCUT2D eigenvalue weighted by Gasteiger charge is 2.22. The molecule has 0 bridgehead atoms. The maximum absolute atomic E-state index is 11.4. The van der Waals surface area contributed by atoms with Gasteiger partial charge in [-0.15, -0.1) is 0 Å². The van der Waals surface area contributed by atoms with Gasteiger partial charge in [0.15, 0.2) is 0 Å². The van der Waals surface area contributed by atoms with Crippen molar-refractivity contribution in [3.63, 3.8) is 0 Å². The van der Waals surface area contributed by atoms with Crippen LogP contribution in [0, 0.1) is 0 Å². The molecule has 0 aliphatic carbocycles. The van der Waals surface area contributed by atoms with Crippen LogP contribution in [0.5, 0.6) is 0 Å². The fraction of sp³-hybridized carbons (Fsp3) is 0.750.